The average Bonchev–Trinajstić information content (AvgIpc) is 3.04. The lowest BCUT2D eigenvalue weighted by molar-refractivity contribution is -0.145. The number of esters is 1. The molecular formula is C22H32N4O3. The zero-order valence-corrected chi connectivity index (χ0v) is 17.7. The van der Waals surface area contributed by atoms with Crippen LogP contribution in [0.1, 0.15) is 44.0 Å². The van der Waals surface area contributed by atoms with E-state index < -0.39 is 0 Å². The van der Waals surface area contributed by atoms with E-state index in [-0.39, 0.29) is 17.6 Å². The van der Waals surface area contributed by atoms with E-state index in [1.165, 1.54) is 20.0 Å². The van der Waals surface area contributed by atoms with Crippen molar-refractivity contribution in [1.82, 2.24) is 19.7 Å². The van der Waals surface area contributed by atoms with Crippen LogP contribution in [0.2, 0.25) is 0 Å². The van der Waals surface area contributed by atoms with Crippen LogP contribution in [0.25, 0.3) is 5.69 Å². The van der Waals surface area contributed by atoms with Crippen LogP contribution in [-0.2, 0) is 22.5 Å². The summed E-state index contributed by atoms with van der Waals surface area (Å²) in [6.07, 6.45) is 4.69. The molecule has 0 bridgehead atoms. The number of carbonyl (C=O) groups excluding carboxylic acids is 1. The van der Waals surface area contributed by atoms with E-state index >= 15 is 0 Å². The lowest BCUT2D eigenvalue weighted by Crippen LogP contribution is -2.30. The van der Waals surface area contributed by atoms with E-state index in [1.807, 2.05) is 38.1 Å². The molecule has 1 aliphatic heterocycles. The molecule has 1 aliphatic rings. The number of carbonyl (C=O) groups is 1. The first kappa shape index (κ1) is 21.3. The van der Waals surface area contributed by atoms with Gasteiger partial charge in [-0.1, -0.05) is 19.1 Å². The molecule has 7 heteroatoms. The maximum Gasteiger partial charge on any atom is 0.350 e. The molecule has 7 nitrogen and oxygen atoms in total. The van der Waals surface area contributed by atoms with Crippen LogP contribution < -0.4 is 11.0 Å². The molecule has 29 heavy (non-hydrogen) atoms. The van der Waals surface area contributed by atoms with Crippen LogP contribution in [0.3, 0.4) is 0 Å². The standard InChI is InChI=1S/C22H32N4O3/c1-4-19(21(27)29-3)15-18-5-7-20(8-6-18)26-16(2)24-25(22(26)28)14-11-17-9-12-23-13-10-17/h5-8,17,19,23H,4,9-15H2,1-3H3. The second-order valence-corrected chi connectivity index (χ2v) is 7.87. The van der Waals surface area contributed by atoms with Crippen molar-refractivity contribution in [2.75, 3.05) is 20.2 Å². The van der Waals surface area contributed by atoms with Crippen LogP contribution in [-0.4, -0.2) is 40.5 Å². The molecule has 1 N–H and O–H groups in total. The Morgan fingerprint density at radius 1 is 1.28 bits per heavy atom. The fraction of sp³-hybridized carbons (Fsp3) is 0.591. The zero-order chi connectivity index (χ0) is 20.8. The van der Waals surface area contributed by atoms with Gasteiger partial charge in [0.15, 0.2) is 0 Å². The summed E-state index contributed by atoms with van der Waals surface area (Å²) >= 11 is 0. The van der Waals surface area contributed by atoms with Gasteiger partial charge in [-0.3, -0.25) is 4.79 Å². The number of piperidine rings is 1. The van der Waals surface area contributed by atoms with Crippen LogP contribution in [0.15, 0.2) is 29.1 Å². The number of nitrogens with one attached hydrogen (secondary N) is 1. The molecule has 1 atom stereocenters. The van der Waals surface area contributed by atoms with Crippen LogP contribution in [0.4, 0.5) is 0 Å². The van der Waals surface area contributed by atoms with Gasteiger partial charge in [0.1, 0.15) is 5.82 Å². The van der Waals surface area contributed by atoms with E-state index in [4.69, 9.17) is 4.74 Å². The number of ether oxygens (including phenoxy) is 1. The molecule has 1 fully saturated rings. The minimum absolute atomic E-state index is 0.0924. The topological polar surface area (TPSA) is 78.2 Å². The summed E-state index contributed by atoms with van der Waals surface area (Å²) in [4.78, 5) is 24.7. The highest BCUT2D eigenvalue weighted by Crippen LogP contribution is 2.18. The fourth-order valence-electron chi connectivity index (χ4n) is 4.06. The molecule has 1 saturated heterocycles. The molecule has 1 unspecified atom stereocenters. The summed E-state index contributed by atoms with van der Waals surface area (Å²) in [6.45, 7) is 6.63. The van der Waals surface area contributed by atoms with Crippen molar-refractivity contribution in [2.24, 2.45) is 11.8 Å². The highest BCUT2D eigenvalue weighted by molar-refractivity contribution is 5.72. The molecule has 0 aliphatic carbocycles. The Kier molecular flexibility index (Phi) is 7.25. The summed E-state index contributed by atoms with van der Waals surface area (Å²) in [5.74, 6) is 1.02. The molecule has 0 saturated carbocycles. The molecule has 1 aromatic heterocycles. The van der Waals surface area contributed by atoms with Gasteiger partial charge in [0, 0.05) is 6.54 Å². The van der Waals surface area contributed by atoms with Crippen LogP contribution >= 0.6 is 0 Å². The fourth-order valence-corrected chi connectivity index (χ4v) is 4.06. The monoisotopic (exact) mass is 400 g/mol. The summed E-state index contributed by atoms with van der Waals surface area (Å²) in [5, 5.41) is 7.85. The molecule has 158 valence electrons. The number of hydrogen-bond donors (Lipinski definition) is 1. The summed E-state index contributed by atoms with van der Waals surface area (Å²) in [5.41, 5.74) is 1.76. The Hall–Kier alpha value is -2.41. The summed E-state index contributed by atoms with van der Waals surface area (Å²) < 4.78 is 8.12. The van der Waals surface area contributed by atoms with E-state index in [9.17, 15) is 9.59 Å². The normalized spacial score (nSPS) is 16.0. The largest absolute Gasteiger partial charge is 0.469 e. The van der Waals surface area contributed by atoms with E-state index in [0.717, 1.165) is 37.2 Å². The van der Waals surface area contributed by atoms with Gasteiger partial charge >= 0.3 is 11.7 Å². The van der Waals surface area contributed by atoms with Gasteiger partial charge < -0.3 is 10.1 Å². The third-order valence-electron chi connectivity index (χ3n) is 5.91. The Morgan fingerprint density at radius 2 is 1.97 bits per heavy atom. The predicted octanol–water partition coefficient (Wildman–Crippen LogP) is 2.47. The number of nitrogens with zero attached hydrogens (tertiary/aromatic N) is 3. The SMILES string of the molecule is CCC(Cc1ccc(-n2c(C)nn(CCC3CCNCC3)c2=O)cc1)C(=O)OC. The first-order chi connectivity index (χ1) is 14.0. The second-order valence-electron chi connectivity index (χ2n) is 7.87. The van der Waals surface area contributed by atoms with Gasteiger partial charge in [-0.15, -0.1) is 0 Å². The Morgan fingerprint density at radius 3 is 2.59 bits per heavy atom. The van der Waals surface area contributed by atoms with Crippen LogP contribution in [0.5, 0.6) is 0 Å². The number of methoxy groups -OCH3 is 1. The number of hydrogen-bond acceptors (Lipinski definition) is 5. The first-order valence-electron chi connectivity index (χ1n) is 10.6. The molecule has 2 heterocycles. The number of aromatic nitrogens is 3. The Balaban J connectivity index is 1.70. The molecule has 0 radical (unpaired) electrons. The maximum atomic E-state index is 12.9. The quantitative estimate of drug-likeness (QED) is 0.689. The Bertz CT molecular complexity index is 863. The Labute approximate surface area is 172 Å². The molecule has 2 aromatic rings. The number of rotatable bonds is 8. The number of aryl methyl sites for hydroxylation is 2. The third kappa shape index (κ3) is 5.15. The van der Waals surface area contributed by atoms with Crippen molar-refractivity contribution in [1.29, 1.82) is 0 Å². The molecule has 0 spiro atoms. The van der Waals surface area contributed by atoms with Crippen molar-refractivity contribution in [3.05, 3.63) is 46.1 Å². The molecular weight excluding hydrogens is 368 g/mol. The lowest BCUT2D eigenvalue weighted by atomic mass is 9.95. The van der Waals surface area contributed by atoms with Crippen LogP contribution in [0, 0.1) is 18.8 Å². The molecule has 1 aromatic carbocycles. The first-order valence-corrected chi connectivity index (χ1v) is 10.6. The summed E-state index contributed by atoms with van der Waals surface area (Å²) in [7, 11) is 1.42. The minimum Gasteiger partial charge on any atom is -0.469 e. The third-order valence-corrected chi connectivity index (χ3v) is 5.91. The van der Waals surface area contributed by atoms with Crippen molar-refractivity contribution < 1.29 is 9.53 Å². The predicted molar refractivity (Wildman–Crippen MR) is 112 cm³/mol. The van der Waals surface area contributed by atoms with Crippen molar-refractivity contribution in [3.8, 4) is 5.69 Å². The van der Waals surface area contributed by atoms with Gasteiger partial charge in [-0.2, -0.15) is 5.10 Å². The second kappa shape index (κ2) is 9.87. The van der Waals surface area contributed by atoms with E-state index in [1.54, 1.807) is 9.25 Å². The van der Waals surface area contributed by atoms with Gasteiger partial charge in [-0.05, 0) is 75.7 Å². The van der Waals surface area contributed by atoms with Crippen molar-refractivity contribution >= 4 is 5.97 Å². The van der Waals surface area contributed by atoms with Gasteiger partial charge in [0.2, 0.25) is 0 Å². The zero-order valence-electron chi connectivity index (χ0n) is 17.7. The lowest BCUT2D eigenvalue weighted by Gasteiger charge is -2.22. The highest BCUT2D eigenvalue weighted by atomic mass is 16.5. The van der Waals surface area contributed by atoms with E-state index in [2.05, 4.69) is 10.4 Å². The van der Waals surface area contributed by atoms with Gasteiger partial charge in [-0.25, -0.2) is 14.0 Å². The number of benzene rings is 1. The smallest absolute Gasteiger partial charge is 0.350 e. The van der Waals surface area contributed by atoms with Crippen molar-refractivity contribution in [3.63, 3.8) is 0 Å². The van der Waals surface area contributed by atoms with Gasteiger partial charge in [0.05, 0.1) is 18.7 Å². The average molecular weight is 401 g/mol. The molecule has 3 rings (SSSR count). The highest BCUT2D eigenvalue weighted by Gasteiger charge is 2.18. The van der Waals surface area contributed by atoms with Gasteiger partial charge in [0.25, 0.3) is 0 Å². The van der Waals surface area contributed by atoms with Crippen molar-refractivity contribution in [2.45, 2.75) is 52.5 Å². The molecule has 0 amide bonds. The van der Waals surface area contributed by atoms with E-state index in [0.29, 0.717) is 24.7 Å². The minimum atomic E-state index is -0.182. The summed E-state index contributed by atoms with van der Waals surface area (Å²) in [6, 6.07) is 7.79. The maximum absolute atomic E-state index is 12.9.